The Hall–Kier alpha value is -0.900. The smallest absolute Gasteiger partial charge is 0.0616 e. The molecule has 16 heavy (non-hydrogen) atoms. The van der Waals surface area contributed by atoms with Gasteiger partial charge < -0.3 is 15.2 Å². The monoisotopic (exact) mass is 223 g/mol. The fourth-order valence-electron chi connectivity index (χ4n) is 1.67. The summed E-state index contributed by atoms with van der Waals surface area (Å²) in [7, 11) is 1.68. The maximum atomic E-state index is 8.88. The number of aliphatic hydroxyl groups excluding tert-OH is 1. The van der Waals surface area contributed by atoms with Gasteiger partial charge in [-0.15, -0.1) is 0 Å². The standard InChI is InChI=1S/C13H21NO2/c1-16-11-13(8-10-15)14-9-7-12-5-3-2-4-6-12/h2-6,13-15H,7-11H2,1H3. The van der Waals surface area contributed by atoms with Crippen LogP contribution in [-0.2, 0) is 11.2 Å². The second-order valence-corrected chi connectivity index (χ2v) is 3.85. The summed E-state index contributed by atoms with van der Waals surface area (Å²) >= 11 is 0. The van der Waals surface area contributed by atoms with Gasteiger partial charge >= 0.3 is 0 Å². The van der Waals surface area contributed by atoms with Crippen LogP contribution in [0.3, 0.4) is 0 Å². The van der Waals surface area contributed by atoms with Crippen molar-refractivity contribution in [1.82, 2.24) is 5.32 Å². The Kier molecular flexibility index (Phi) is 6.81. The van der Waals surface area contributed by atoms with E-state index in [1.54, 1.807) is 7.11 Å². The lowest BCUT2D eigenvalue weighted by molar-refractivity contribution is 0.149. The number of aliphatic hydroxyl groups is 1. The van der Waals surface area contributed by atoms with Gasteiger partial charge in [-0.05, 0) is 24.9 Å². The third-order valence-corrected chi connectivity index (χ3v) is 2.53. The van der Waals surface area contributed by atoms with Crippen LogP contribution in [0.2, 0.25) is 0 Å². The Morgan fingerprint density at radius 2 is 2.06 bits per heavy atom. The summed E-state index contributed by atoms with van der Waals surface area (Å²) in [5.74, 6) is 0. The fourth-order valence-corrected chi connectivity index (χ4v) is 1.67. The molecule has 3 nitrogen and oxygen atoms in total. The molecule has 3 heteroatoms. The van der Waals surface area contributed by atoms with Crippen molar-refractivity contribution in [3.05, 3.63) is 35.9 Å². The maximum absolute atomic E-state index is 8.88. The van der Waals surface area contributed by atoms with E-state index in [0.717, 1.165) is 19.4 Å². The molecule has 0 aromatic heterocycles. The molecule has 0 fully saturated rings. The van der Waals surface area contributed by atoms with Crippen LogP contribution in [0, 0.1) is 0 Å². The van der Waals surface area contributed by atoms with E-state index in [4.69, 9.17) is 9.84 Å². The zero-order chi connectivity index (χ0) is 11.6. The fraction of sp³-hybridized carbons (Fsp3) is 0.538. The molecule has 0 bridgehead atoms. The predicted molar refractivity (Wildman–Crippen MR) is 65.5 cm³/mol. The van der Waals surface area contributed by atoms with Crippen molar-refractivity contribution < 1.29 is 9.84 Å². The summed E-state index contributed by atoms with van der Waals surface area (Å²) < 4.78 is 5.09. The third kappa shape index (κ3) is 5.26. The highest BCUT2D eigenvalue weighted by Crippen LogP contribution is 1.99. The summed E-state index contributed by atoms with van der Waals surface area (Å²) in [6.45, 7) is 1.76. The number of ether oxygens (including phenoxy) is 1. The predicted octanol–water partition coefficient (Wildman–Crippen LogP) is 1.22. The molecule has 1 rings (SSSR count). The summed E-state index contributed by atoms with van der Waals surface area (Å²) in [4.78, 5) is 0. The lowest BCUT2D eigenvalue weighted by atomic mass is 10.1. The van der Waals surface area contributed by atoms with Gasteiger partial charge in [-0.2, -0.15) is 0 Å². The largest absolute Gasteiger partial charge is 0.396 e. The van der Waals surface area contributed by atoms with E-state index < -0.39 is 0 Å². The van der Waals surface area contributed by atoms with Crippen LogP contribution in [0.25, 0.3) is 0 Å². The summed E-state index contributed by atoms with van der Waals surface area (Å²) in [5, 5.41) is 12.3. The van der Waals surface area contributed by atoms with Gasteiger partial charge in [0.15, 0.2) is 0 Å². The highest BCUT2D eigenvalue weighted by atomic mass is 16.5. The molecule has 0 aliphatic rings. The van der Waals surface area contributed by atoms with Gasteiger partial charge in [-0.25, -0.2) is 0 Å². The third-order valence-electron chi connectivity index (χ3n) is 2.53. The number of benzene rings is 1. The molecule has 0 amide bonds. The second kappa shape index (κ2) is 8.28. The van der Waals surface area contributed by atoms with E-state index in [2.05, 4.69) is 29.6 Å². The number of hydrogen-bond donors (Lipinski definition) is 2. The first-order valence-electron chi connectivity index (χ1n) is 5.74. The molecule has 0 aliphatic heterocycles. The Morgan fingerprint density at radius 3 is 2.69 bits per heavy atom. The zero-order valence-electron chi connectivity index (χ0n) is 9.86. The van der Waals surface area contributed by atoms with Gasteiger partial charge in [0.2, 0.25) is 0 Å². The zero-order valence-corrected chi connectivity index (χ0v) is 9.86. The van der Waals surface area contributed by atoms with Gasteiger partial charge in [0.25, 0.3) is 0 Å². The minimum absolute atomic E-state index is 0.201. The quantitative estimate of drug-likeness (QED) is 0.696. The van der Waals surface area contributed by atoms with Crippen molar-refractivity contribution in [2.24, 2.45) is 0 Å². The normalized spacial score (nSPS) is 12.6. The van der Waals surface area contributed by atoms with Gasteiger partial charge in [-0.1, -0.05) is 30.3 Å². The Bertz CT molecular complexity index is 258. The molecule has 0 aliphatic carbocycles. The average Bonchev–Trinajstić information content (AvgIpc) is 2.31. The molecule has 0 saturated carbocycles. The SMILES string of the molecule is COCC(CCO)NCCc1ccccc1. The molecular formula is C13H21NO2. The second-order valence-electron chi connectivity index (χ2n) is 3.85. The molecule has 0 saturated heterocycles. The van der Waals surface area contributed by atoms with Crippen molar-refractivity contribution in [3.63, 3.8) is 0 Å². The van der Waals surface area contributed by atoms with E-state index in [0.29, 0.717) is 6.61 Å². The topological polar surface area (TPSA) is 41.5 Å². The van der Waals surface area contributed by atoms with Crippen molar-refractivity contribution in [3.8, 4) is 0 Å². The van der Waals surface area contributed by atoms with Crippen LogP contribution in [-0.4, -0.2) is 38.0 Å². The van der Waals surface area contributed by atoms with Gasteiger partial charge in [0.05, 0.1) is 6.61 Å². The van der Waals surface area contributed by atoms with Crippen LogP contribution in [0.4, 0.5) is 0 Å². The molecule has 0 radical (unpaired) electrons. The first kappa shape index (κ1) is 13.2. The number of rotatable bonds is 8. The van der Waals surface area contributed by atoms with Crippen LogP contribution in [0.5, 0.6) is 0 Å². The molecular weight excluding hydrogens is 202 g/mol. The van der Waals surface area contributed by atoms with E-state index in [9.17, 15) is 0 Å². The van der Waals surface area contributed by atoms with Crippen molar-refractivity contribution in [1.29, 1.82) is 0 Å². The van der Waals surface area contributed by atoms with E-state index in [1.165, 1.54) is 5.56 Å². The average molecular weight is 223 g/mol. The van der Waals surface area contributed by atoms with Crippen LogP contribution < -0.4 is 5.32 Å². The van der Waals surface area contributed by atoms with Crippen LogP contribution in [0.1, 0.15) is 12.0 Å². The Balaban J connectivity index is 2.22. The highest BCUT2D eigenvalue weighted by Gasteiger charge is 2.06. The van der Waals surface area contributed by atoms with Crippen LogP contribution in [0.15, 0.2) is 30.3 Å². The molecule has 1 atom stereocenters. The molecule has 1 aromatic rings. The molecule has 2 N–H and O–H groups in total. The van der Waals surface area contributed by atoms with E-state index >= 15 is 0 Å². The van der Waals surface area contributed by atoms with Gasteiger partial charge in [0.1, 0.15) is 0 Å². The Morgan fingerprint density at radius 1 is 1.31 bits per heavy atom. The lowest BCUT2D eigenvalue weighted by Crippen LogP contribution is -2.35. The molecule has 0 spiro atoms. The highest BCUT2D eigenvalue weighted by molar-refractivity contribution is 5.14. The van der Waals surface area contributed by atoms with E-state index in [1.807, 2.05) is 6.07 Å². The van der Waals surface area contributed by atoms with Gasteiger partial charge in [-0.3, -0.25) is 0 Å². The maximum Gasteiger partial charge on any atom is 0.0616 e. The first-order chi connectivity index (χ1) is 7.86. The molecule has 0 heterocycles. The van der Waals surface area contributed by atoms with Crippen molar-refractivity contribution >= 4 is 0 Å². The molecule has 90 valence electrons. The number of methoxy groups -OCH3 is 1. The number of hydrogen-bond acceptors (Lipinski definition) is 3. The van der Waals surface area contributed by atoms with Crippen molar-refractivity contribution in [2.75, 3.05) is 26.9 Å². The summed E-state index contributed by atoms with van der Waals surface area (Å²) in [5.41, 5.74) is 1.33. The molecule has 1 unspecified atom stereocenters. The minimum atomic E-state index is 0.201. The van der Waals surface area contributed by atoms with Gasteiger partial charge in [0, 0.05) is 19.8 Å². The van der Waals surface area contributed by atoms with Crippen molar-refractivity contribution in [2.45, 2.75) is 18.9 Å². The summed E-state index contributed by atoms with van der Waals surface area (Å²) in [6, 6.07) is 10.6. The number of nitrogens with one attached hydrogen (secondary N) is 1. The Labute approximate surface area is 97.4 Å². The summed E-state index contributed by atoms with van der Waals surface area (Å²) in [6.07, 6.45) is 1.75. The lowest BCUT2D eigenvalue weighted by Gasteiger charge is -2.16. The minimum Gasteiger partial charge on any atom is -0.396 e. The first-order valence-corrected chi connectivity index (χ1v) is 5.74. The molecule has 1 aromatic carbocycles. The van der Waals surface area contributed by atoms with E-state index in [-0.39, 0.29) is 12.6 Å². The van der Waals surface area contributed by atoms with Crippen LogP contribution >= 0.6 is 0 Å².